The first kappa shape index (κ1) is 16.2. The Morgan fingerprint density at radius 2 is 1.91 bits per heavy atom. The summed E-state index contributed by atoms with van der Waals surface area (Å²) in [6, 6.07) is 7.35. The van der Waals surface area contributed by atoms with E-state index in [2.05, 4.69) is 0 Å². The number of nitriles is 1. The van der Waals surface area contributed by atoms with Gasteiger partial charge in [0.1, 0.15) is 11.6 Å². The van der Waals surface area contributed by atoms with Gasteiger partial charge in [-0.1, -0.05) is 34.5 Å². The molecule has 0 atom stereocenters. The van der Waals surface area contributed by atoms with Crippen LogP contribution in [0.15, 0.2) is 35.2 Å². The highest BCUT2D eigenvalue weighted by Gasteiger charge is 2.15. The number of rotatable bonds is 4. The van der Waals surface area contributed by atoms with Crippen LogP contribution in [0.1, 0.15) is 15.9 Å². The molecule has 8 heteroatoms. The predicted molar refractivity (Wildman–Crippen MR) is 85.4 cm³/mol. The molecule has 0 bridgehead atoms. The quantitative estimate of drug-likeness (QED) is 0.261. The number of benzene rings is 1. The van der Waals surface area contributed by atoms with Gasteiger partial charge in [-0.25, -0.2) is 0 Å². The molecule has 0 spiro atoms. The normalized spacial score (nSPS) is 11.0. The summed E-state index contributed by atoms with van der Waals surface area (Å²) in [5.74, 6) is -0.555. The molecule has 0 radical (unpaired) electrons. The van der Waals surface area contributed by atoms with Crippen molar-refractivity contribution in [1.82, 2.24) is 0 Å². The van der Waals surface area contributed by atoms with Crippen molar-refractivity contribution < 1.29 is 9.72 Å². The molecule has 0 fully saturated rings. The van der Waals surface area contributed by atoms with Gasteiger partial charge in [-0.2, -0.15) is 5.26 Å². The van der Waals surface area contributed by atoms with E-state index in [0.717, 1.165) is 11.3 Å². The van der Waals surface area contributed by atoms with Crippen molar-refractivity contribution in [2.24, 2.45) is 0 Å². The van der Waals surface area contributed by atoms with E-state index in [9.17, 15) is 14.9 Å². The highest BCUT2D eigenvalue weighted by atomic mass is 35.5. The van der Waals surface area contributed by atoms with Gasteiger partial charge in [0.25, 0.3) is 0 Å². The summed E-state index contributed by atoms with van der Waals surface area (Å²) in [5.41, 5.74) is 0.427. The first-order valence-corrected chi connectivity index (χ1v) is 7.40. The molecular weight excluding hydrogens is 347 g/mol. The SMILES string of the molecule is N#C/C(=C\c1csc([N+](=O)[O-])c1)C(=O)c1cc(Cl)cc(Cl)c1. The number of hydrogen-bond donors (Lipinski definition) is 0. The third kappa shape index (κ3) is 3.71. The third-order valence-corrected chi connectivity index (χ3v) is 3.92. The summed E-state index contributed by atoms with van der Waals surface area (Å²) in [7, 11) is 0. The zero-order chi connectivity index (χ0) is 16.3. The highest BCUT2D eigenvalue weighted by Crippen LogP contribution is 2.26. The second-order valence-electron chi connectivity index (χ2n) is 4.13. The molecule has 1 aromatic carbocycles. The van der Waals surface area contributed by atoms with Crippen LogP contribution in [0.2, 0.25) is 10.0 Å². The first-order valence-electron chi connectivity index (χ1n) is 5.76. The lowest BCUT2D eigenvalue weighted by Crippen LogP contribution is -2.01. The largest absolute Gasteiger partial charge is 0.324 e. The summed E-state index contributed by atoms with van der Waals surface area (Å²) < 4.78 is 0. The fourth-order valence-electron chi connectivity index (χ4n) is 1.67. The smallest absolute Gasteiger partial charge is 0.288 e. The summed E-state index contributed by atoms with van der Waals surface area (Å²) in [4.78, 5) is 22.4. The van der Waals surface area contributed by atoms with E-state index in [4.69, 9.17) is 28.5 Å². The maximum absolute atomic E-state index is 12.3. The number of nitrogens with zero attached hydrogens (tertiary/aromatic N) is 2. The molecule has 5 nitrogen and oxygen atoms in total. The number of nitro groups is 1. The summed E-state index contributed by atoms with van der Waals surface area (Å²) >= 11 is 12.6. The molecule has 0 aliphatic heterocycles. The van der Waals surface area contributed by atoms with Crippen LogP contribution in [0.5, 0.6) is 0 Å². The average molecular weight is 353 g/mol. The molecule has 0 N–H and O–H groups in total. The Morgan fingerprint density at radius 1 is 1.27 bits per heavy atom. The van der Waals surface area contributed by atoms with E-state index < -0.39 is 10.7 Å². The van der Waals surface area contributed by atoms with Crippen molar-refractivity contribution in [1.29, 1.82) is 5.26 Å². The van der Waals surface area contributed by atoms with Gasteiger partial charge in [0.05, 0.1) is 4.92 Å². The summed E-state index contributed by atoms with van der Waals surface area (Å²) in [6.07, 6.45) is 1.29. The third-order valence-electron chi connectivity index (χ3n) is 2.59. The Bertz CT molecular complexity index is 817. The van der Waals surface area contributed by atoms with Gasteiger partial charge in [-0.05, 0) is 29.8 Å². The molecule has 0 amide bonds. The first-order chi connectivity index (χ1) is 10.4. The number of ketones is 1. The van der Waals surface area contributed by atoms with Crippen molar-refractivity contribution in [3.8, 4) is 6.07 Å². The van der Waals surface area contributed by atoms with Crippen molar-refractivity contribution in [2.75, 3.05) is 0 Å². The van der Waals surface area contributed by atoms with Crippen molar-refractivity contribution in [3.05, 3.63) is 66.5 Å². The van der Waals surface area contributed by atoms with Crippen LogP contribution in [0.3, 0.4) is 0 Å². The molecule has 22 heavy (non-hydrogen) atoms. The van der Waals surface area contributed by atoms with Crippen LogP contribution in [-0.4, -0.2) is 10.7 Å². The van der Waals surface area contributed by atoms with E-state index in [0.29, 0.717) is 5.56 Å². The lowest BCUT2D eigenvalue weighted by atomic mass is 10.0. The molecule has 0 saturated carbocycles. The molecule has 0 saturated heterocycles. The fraction of sp³-hybridized carbons (Fsp3) is 0. The fourth-order valence-corrected chi connectivity index (χ4v) is 2.88. The van der Waals surface area contributed by atoms with Crippen molar-refractivity contribution in [2.45, 2.75) is 0 Å². The van der Waals surface area contributed by atoms with Gasteiger partial charge in [-0.3, -0.25) is 14.9 Å². The Morgan fingerprint density at radius 3 is 2.41 bits per heavy atom. The number of carbonyl (C=O) groups excluding carboxylic acids is 1. The van der Waals surface area contributed by atoms with Crippen LogP contribution in [-0.2, 0) is 0 Å². The molecule has 1 heterocycles. The minimum absolute atomic E-state index is 0.0678. The second-order valence-corrected chi connectivity index (χ2v) is 5.90. The molecule has 0 aliphatic carbocycles. The zero-order valence-corrected chi connectivity index (χ0v) is 13.1. The molecule has 110 valence electrons. The van der Waals surface area contributed by atoms with Crippen LogP contribution in [0, 0.1) is 21.4 Å². The van der Waals surface area contributed by atoms with E-state index in [1.807, 2.05) is 0 Å². The summed E-state index contributed by atoms with van der Waals surface area (Å²) in [6.45, 7) is 0. The van der Waals surface area contributed by atoms with E-state index in [-0.39, 0.29) is 26.2 Å². The highest BCUT2D eigenvalue weighted by molar-refractivity contribution is 7.13. The van der Waals surface area contributed by atoms with Crippen LogP contribution in [0.25, 0.3) is 6.08 Å². The topological polar surface area (TPSA) is 84.0 Å². The Labute approximate surface area is 139 Å². The number of halogens is 2. The number of carbonyl (C=O) groups is 1. The lowest BCUT2D eigenvalue weighted by molar-refractivity contribution is -0.380. The standard InChI is InChI=1S/C14H6Cl2N2O3S/c15-11-3-9(4-12(16)5-11)14(19)10(6-17)1-8-2-13(18(20)21)22-7-8/h1-5,7H/b10-1+. The van der Waals surface area contributed by atoms with E-state index >= 15 is 0 Å². The maximum atomic E-state index is 12.3. The number of thiophene rings is 1. The van der Waals surface area contributed by atoms with Crippen molar-refractivity contribution >= 4 is 51.4 Å². The minimum Gasteiger partial charge on any atom is -0.288 e. The monoisotopic (exact) mass is 352 g/mol. The Balaban J connectivity index is 2.38. The molecule has 0 unspecified atom stereocenters. The molecule has 2 rings (SSSR count). The van der Waals surface area contributed by atoms with Crippen LogP contribution in [0.4, 0.5) is 5.00 Å². The van der Waals surface area contributed by atoms with E-state index in [1.165, 1.54) is 35.7 Å². The van der Waals surface area contributed by atoms with Crippen LogP contribution >= 0.6 is 34.5 Å². The zero-order valence-electron chi connectivity index (χ0n) is 10.7. The van der Waals surface area contributed by atoms with Gasteiger partial charge in [0.15, 0.2) is 0 Å². The molecule has 1 aromatic heterocycles. The minimum atomic E-state index is -0.555. The number of allylic oxidation sites excluding steroid dienone is 1. The van der Waals surface area contributed by atoms with Gasteiger partial charge in [0, 0.05) is 27.1 Å². The molecular formula is C14H6Cl2N2O3S. The van der Waals surface area contributed by atoms with Gasteiger partial charge < -0.3 is 0 Å². The van der Waals surface area contributed by atoms with Crippen molar-refractivity contribution in [3.63, 3.8) is 0 Å². The average Bonchev–Trinajstić information content (AvgIpc) is 2.91. The van der Waals surface area contributed by atoms with Gasteiger partial charge in [0.2, 0.25) is 5.78 Å². The second kappa shape index (κ2) is 6.71. The van der Waals surface area contributed by atoms with Crippen LogP contribution < -0.4 is 0 Å². The van der Waals surface area contributed by atoms with Gasteiger partial charge in [-0.15, -0.1) is 0 Å². The van der Waals surface area contributed by atoms with E-state index in [1.54, 1.807) is 6.07 Å². The Hall–Kier alpha value is -2.20. The molecule has 2 aromatic rings. The number of hydrogen-bond acceptors (Lipinski definition) is 5. The predicted octanol–water partition coefficient (Wildman–Crippen LogP) is 4.75. The number of Topliss-reactive ketones (excluding diaryl/α,β-unsaturated/α-hetero) is 1. The Kier molecular flexibility index (Phi) is 4.93. The lowest BCUT2D eigenvalue weighted by Gasteiger charge is -2.01. The maximum Gasteiger partial charge on any atom is 0.324 e. The van der Waals surface area contributed by atoms with Gasteiger partial charge >= 0.3 is 5.00 Å². The summed E-state index contributed by atoms with van der Waals surface area (Å²) in [5, 5.41) is 21.8. The molecule has 0 aliphatic rings.